The minimum atomic E-state index is 0.627. The fraction of sp³-hybridized carbons (Fsp3) is 0.190. The third kappa shape index (κ3) is 3.11. The summed E-state index contributed by atoms with van der Waals surface area (Å²) in [6.07, 6.45) is 10.0. The van der Waals surface area contributed by atoms with Gasteiger partial charge in [-0.2, -0.15) is 0 Å². The fourth-order valence-corrected chi connectivity index (χ4v) is 3.71. The van der Waals surface area contributed by atoms with Gasteiger partial charge >= 0.3 is 0 Å². The van der Waals surface area contributed by atoms with Crippen LogP contribution in [0.1, 0.15) is 24.6 Å². The molecular formula is C21H19BrN6. The van der Waals surface area contributed by atoms with Crippen molar-refractivity contribution in [2.45, 2.75) is 18.8 Å². The van der Waals surface area contributed by atoms with Crippen molar-refractivity contribution in [3.63, 3.8) is 0 Å². The second-order valence-corrected chi connectivity index (χ2v) is 7.77. The number of fused-ring (bicyclic) bond motifs is 1. The topological polar surface area (TPSA) is 70.9 Å². The van der Waals surface area contributed by atoms with Gasteiger partial charge in [0.05, 0.1) is 23.8 Å². The molecule has 2 N–H and O–H groups in total. The van der Waals surface area contributed by atoms with Crippen molar-refractivity contribution < 1.29 is 0 Å². The minimum Gasteiger partial charge on any atom is -0.363 e. The van der Waals surface area contributed by atoms with Crippen molar-refractivity contribution in [1.29, 1.82) is 0 Å². The Hall–Kier alpha value is -2.93. The smallest absolute Gasteiger partial charge is 0.180 e. The number of halogens is 1. The van der Waals surface area contributed by atoms with Gasteiger partial charge in [0.2, 0.25) is 0 Å². The highest BCUT2D eigenvalue weighted by Gasteiger charge is 2.26. The molecule has 6 nitrogen and oxygen atoms in total. The largest absolute Gasteiger partial charge is 0.363 e. The molecule has 3 heterocycles. The van der Waals surface area contributed by atoms with E-state index in [9.17, 15) is 0 Å². The van der Waals surface area contributed by atoms with E-state index in [2.05, 4.69) is 72.0 Å². The summed E-state index contributed by atoms with van der Waals surface area (Å²) >= 11 is 3.49. The van der Waals surface area contributed by atoms with E-state index >= 15 is 0 Å². The zero-order chi connectivity index (χ0) is 19.1. The van der Waals surface area contributed by atoms with E-state index in [1.807, 2.05) is 23.0 Å². The molecule has 0 unspecified atom stereocenters. The molecule has 28 heavy (non-hydrogen) atoms. The molecular weight excluding hydrogens is 416 g/mol. The molecule has 1 aliphatic carbocycles. The Morgan fingerprint density at radius 2 is 1.96 bits per heavy atom. The molecule has 140 valence electrons. The Bertz CT molecular complexity index is 1150. The number of aromatic amines is 1. The van der Waals surface area contributed by atoms with Crippen LogP contribution in [0.25, 0.3) is 28.2 Å². The van der Waals surface area contributed by atoms with Gasteiger partial charge in [0.25, 0.3) is 0 Å². The van der Waals surface area contributed by atoms with Gasteiger partial charge in [-0.25, -0.2) is 15.0 Å². The Kier molecular flexibility index (Phi) is 4.24. The summed E-state index contributed by atoms with van der Waals surface area (Å²) in [6, 6.07) is 8.46. The molecule has 0 bridgehead atoms. The number of nitrogens with one attached hydrogen (secondary N) is 2. The predicted molar refractivity (Wildman–Crippen MR) is 114 cm³/mol. The number of hydrogen-bond acceptors (Lipinski definition) is 4. The number of benzene rings is 1. The average Bonchev–Trinajstić information content (AvgIpc) is 3.29. The van der Waals surface area contributed by atoms with Crippen LogP contribution in [0.4, 0.5) is 5.82 Å². The zero-order valence-electron chi connectivity index (χ0n) is 15.2. The van der Waals surface area contributed by atoms with Crippen LogP contribution in [0.15, 0.2) is 60.1 Å². The first kappa shape index (κ1) is 17.2. The maximum Gasteiger partial charge on any atom is 0.180 e. The molecule has 4 aromatic rings. The number of aromatic nitrogens is 5. The quantitative estimate of drug-likeness (QED) is 0.417. The normalized spacial score (nSPS) is 13.8. The molecule has 0 saturated heterocycles. The lowest BCUT2D eigenvalue weighted by molar-refractivity contribution is 0.977. The van der Waals surface area contributed by atoms with Crippen molar-refractivity contribution in [3.05, 3.63) is 65.9 Å². The van der Waals surface area contributed by atoms with Crippen molar-refractivity contribution in [1.82, 2.24) is 24.3 Å². The summed E-state index contributed by atoms with van der Waals surface area (Å²) in [5, 5.41) is 3.24. The van der Waals surface area contributed by atoms with E-state index in [0.29, 0.717) is 12.5 Å². The first-order valence-corrected chi connectivity index (χ1v) is 10.1. The van der Waals surface area contributed by atoms with Gasteiger partial charge in [-0.3, -0.25) is 4.40 Å². The highest BCUT2D eigenvalue weighted by atomic mass is 79.9. The van der Waals surface area contributed by atoms with E-state index in [1.165, 1.54) is 12.8 Å². The fourth-order valence-electron chi connectivity index (χ4n) is 3.33. The molecule has 0 aliphatic heterocycles. The second-order valence-electron chi connectivity index (χ2n) is 6.95. The van der Waals surface area contributed by atoms with Gasteiger partial charge < -0.3 is 10.3 Å². The molecule has 0 radical (unpaired) electrons. The second kappa shape index (κ2) is 6.91. The number of H-pyrrole nitrogens is 1. The van der Waals surface area contributed by atoms with Crippen LogP contribution < -0.4 is 5.32 Å². The number of imidazole rings is 2. The Labute approximate surface area is 170 Å². The first-order chi connectivity index (χ1) is 13.7. The number of hydrogen-bond donors (Lipinski definition) is 2. The monoisotopic (exact) mass is 434 g/mol. The van der Waals surface area contributed by atoms with Crippen molar-refractivity contribution in [3.8, 4) is 22.5 Å². The van der Waals surface area contributed by atoms with Crippen LogP contribution in [0, 0.1) is 0 Å². The number of anilines is 1. The van der Waals surface area contributed by atoms with Crippen molar-refractivity contribution in [2.75, 3.05) is 11.9 Å². The zero-order valence-corrected chi connectivity index (χ0v) is 16.8. The predicted octanol–water partition coefficient (Wildman–Crippen LogP) is 5.02. The van der Waals surface area contributed by atoms with Crippen LogP contribution in [0.5, 0.6) is 0 Å². The molecule has 5 rings (SSSR count). The molecule has 7 heteroatoms. The molecule has 1 aromatic carbocycles. The van der Waals surface area contributed by atoms with Crippen LogP contribution in [0.2, 0.25) is 0 Å². The maximum atomic E-state index is 4.57. The van der Waals surface area contributed by atoms with Crippen LogP contribution in [0.3, 0.4) is 0 Å². The summed E-state index contributed by atoms with van der Waals surface area (Å²) in [7, 11) is 0. The Morgan fingerprint density at radius 1 is 1.18 bits per heavy atom. The van der Waals surface area contributed by atoms with Gasteiger partial charge in [-0.1, -0.05) is 30.3 Å². The van der Waals surface area contributed by atoms with Crippen LogP contribution >= 0.6 is 15.9 Å². The van der Waals surface area contributed by atoms with E-state index < -0.39 is 0 Å². The Balaban J connectivity index is 1.49. The average molecular weight is 435 g/mol. The van der Waals surface area contributed by atoms with Crippen molar-refractivity contribution >= 4 is 27.4 Å². The SMILES string of the molecule is C=CCNc1nc(Br)cn2c(-c3ccc(-c4cnc(C5CC5)[nH]4)cc3)cnc12. The van der Waals surface area contributed by atoms with Gasteiger partial charge in [0, 0.05) is 24.2 Å². The lowest BCUT2D eigenvalue weighted by atomic mass is 10.1. The van der Waals surface area contributed by atoms with E-state index in [4.69, 9.17) is 0 Å². The third-order valence-corrected chi connectivity index (χ3v) is 5.31. The van der Waals surface area contributed by atoms with Gasteiger partial charge in [0.15, 0.2) is 11.5 Å². The van der Waals surface area contributed by atoms with Crippen LogP contribution in [-0.4, -0.2) is 30.9 Å². The van der Waals surface area contributed by atoms with E-state index in [1.54, 1.807) is 6.08 Å². The summed E-state index contributed by atoms with van der Waals surface area (Å²) in [5.41, 5.74) is 5.08. The maximum absolute atomic E-state index is 4.57. The lowest BCUT2D eigenvalue weighted by Crippen LogP contribution is -2.04. The highest BCUT2D eigenvalue weighted by Crippen LogP contribution is 2.39. The number of nitrogens with zero attached hydrogens (tertiary/aromatic N) is 4. The summed E-state index contributed by atoms with van der Waals surface area (Å²) in [4.78, 5) is 17.0. The lowest BCUT2D eigenvalue weighted by Gasteiger charge is -2.08. The van der Waals surface area contributed by atoms with E-state index in [-0.39, 0.29) is 0 Å². The molecule has 1 saturated carbocycles. The minimum absolute atomic E-state index is 0.627. The molecule has 3 aromatic heterocycles. The van der Waals surface area contributed by atoms with Crippen LogP contribution in [-0.2, 0) is 0 Å². The summed E-state index contributed by atoms with van der Waals surface area (Å²) in [6.45, 7) is 4.37. The van der Waals surface area contributed by atoms with Gasteiger partial charge in [-0.15, -0.1) is 6.58 Å². The van der Waals surface area contributed by atoms with Crippen molar-refractivity contribution in [2.24, 2.45) is 0 Å². The molecule has 1 aliphatic rings. The molecule has 0 spiro atoms. The molecule has 1 fully saturated rings. The molecule has 0 atom stereocenters. The van der Waals surface area contributed by atoms with E-state index in [0.717, 1.165) is 44.4 Å². The van der Waals surface area contributed by atoms with Gasteiger partial charge in [0.1, 0.15) is 10.4 Å². The standard InChI is InChI=1S/C21H19BrN6/c1-2-9-23-20-21-25-11-17(28(21)12-18(22)27-20)14-5-3-13(4-6-14)16-10-24-19(26-16)15-7-8-15/h2-6,10-12,15H,1,7-9H2,(H,23,27)(H,24,26). The first-order valence-electron chi connectivity index (χ1n) is 9.27. The summed E-state index contributed by atoms with van der Waals surface area (Å²) < 4.78 is 2.78. The third-order valence-electron chi connectivity index (χ3n) is 4.93. The van der Waals surface area contributed by atoms with Gasteiger partial charge in [-0.05, 0) is 34.3 Å². The highest BCUT2D eigenvalue weighted by molar-refractivity contribution is 9.10. The summed E-state index contributed by atoms with van der Waals surface area (Å²) in [5.74, 6) is 2.46. The molecule has 0 amide bonds. The number of rotatable bonds is 6. The Morgan fingerprint density at radius 3 is 2.71 bits per heavy atom.